The quantitative estimate of drug-likeness (QED) is 0.302. The predicted octanol–water partition coefficient (Wildman–Crippen LogP) is 4.63. The Labute approximate surface area is 288 Å². The number of hydrogen-bond acceptors (Lipinski definition) is 6. The Morgan fingerprint density at radius 1 is 1.08 bits per heavy atom. The highest BCUT2D eigenvalue weighted by Gasteiger charge is 2.46. The second-order valence-electron chi connectivity index (χ2n) is 12.6. The fraction of sp³-hybridized carbons (Fsp3) is 0.500. The van der Waals surface area contributed by atoms with Crippen LogP contribution >= 0.6 is 24.0 Å². The van der Waals surface area contributed by atoms with E-state index in [1.807, 2.05) is 0 Å². The Morgan fingerprint density at radius 3 is 2.33 bits per heavy atom. The topological polar surface area (TPSA) is 143 Å². The highest BCUT2D eigenvalue weighted by Crippen LogP contribution is 2.44. The molecule has 4 amide bonds. The van der Waals surface area contributed by atoms with Gasteiger partial charge < -0.3 is 30.7 Å². The number of aromatic nitrogens is 4. The Hall–Kier alpha value is -3.96. The van der Waals surface area contributed by atoms with Crippen molar-refractivity contribution in [2.75, 3.05) is 31.5 Å². The van der Waals surface area contributed by atoms with Gasteiger partial charge >= 0.3 is 12.2 Å². The van der Waals surface area contributed by atoms with Crippen LogP contribution in [0.2, 0.25) is 5.02 Å². The van der Waals surface area contributed by atoms with E-state index in [4.69, 9.17) is 17.3 Å². The lowest BCUT2D eigenvalue weighted by atomic mass is 9.81. The van der Waals surface area contributed by atoms with E-state index < -0.39 is 42.5 Å². The van der Waals surface area contributed by atoms with Gasteiger partial charge in [-0.1, -0.05) is 11.6 Å². The third kappa shape index (κ3) is 7.78. The van der Waals surface area contributed by atoms with Gasteiger partial charge in [0.25, 0.3) is 11.8 Å². The summed E-state index contributed by atoms with van der Waals surface area (Å²) in [6.45, 7) is 1.19. The molecular weight excluding hydrogens is 700 g/mol. The van der Waals surface area contributed by atoms with Crippen LogP contribution in [-0.4, -0.2) is 91.2 Å². The predicted molar refractivity (Wildman–Crippen MR) is 171 cm³/mol. The zero-order chi connectivity index (χ0) is 34.5. The van der Waals surface area contributed by atoms with Gasteiger partial charge in [0, 0.05) is 76.6 Å². The number of amides is 4. The van der Waals surface area contributed by atoms with Crippen LogP contribution in [0, 0.1) is 5.92 Å². The first-order chi connectivity index (χ1) is 22.6. The van der Waals surface area contributed by atoms with Crippen molar-refractivity contribution in [3.63, 3.8) is 0 Å². The van der Waals surface area contributed by atoms with Crippen molar-refractivity contribution in [2.45, 2.75) is 56.4 Å². The number of nitrogens with zero attached hydrogens (tertiary/aromatic N) is 6. The van der Waals surface area contributed by atoms with Gasteiger partial charge in [-0.2, -0.15) is 18.3 Å². The van der Waals surface area contributed by atoms with E-state index in [0.717, 1.165) is 29.9 Å². The van der Waals surface area contributed by atoms with Crippen molar-refractivity contribution in [2.24, 2.45) is 18.7 Å². The maximum absolute atomic E-state index is 13.9. The molecule has 4 N–H and O–H groups in total. The third-order valence-corrected chi connectivity index (χ3v) is 9.24. The molecule has 19 heteroatoms. The smallest absolute Gasteiger partial charge is 0.335 e. The van der Waals surface area contributed by atoms with E-state index in [9.17, 15) is 36.3 Å². The molecule has 1 saturated heterocycles. The molecule has 3 heterocycles. The van der Waals surface area contributed by atoms with Crippen LogP contribution in [0.5, 0.6) is 0 Å². The fourth-order valence-corrected chi connectivity index (χ4v) is 6.50. The first-order valence-corrected chi connectivity index (χ1v) is 15.7. The van der Waals surface area contributed by atoms with E-state index in [1.165, 1.54) is 29.8 Å². The van der Waals surface area contributed by atoms with Gasteiger partial charge in [-0.25, -0.2) is 18.6 Å². The molecule has 12 nitrogen and oxygen atoms in total. The molecule has 0 radical (unpaired) electrons. The number of hydrogen-bond donors (Lipinski definition) is 3. The lowest BCUT2D eigenvalue weighted by Gasteiger charge is -2.38. The summed E-state index contributed by atoms with van der Waals surface area (Å²) in [6.07, 6.45) is -1.99. The van der Waals surface area contributed by atoms with Gasteiger partial charge in [0.15, 0.2) is 11.5 Å². The van der Waals surface area contributed by atoms with Gasteiger partial charge in [0.2, 0.25) is 5.92 Å². The zero-order valence-electron chi connectivity index (χ0n) is 26.1. The fourth-order valence-electron chi connectivity index (χ4n) is 6.24. The second kappa shape index (κ2) is 13.7. The van der Waals surface area contributed by atoms with Crippen LogP contribution in [0.15, 0.2) is 30.6 Å². The summed E-state index contributed by atoms with van der Waals surface area (Å²) in [5, 5.41) is 9.21. The molecule has 1 aliphatic heterocycles. The van der Waals surface area contributed by atoms with Crippen LogP contribution in [0.1, 0.15) is 52.4 Å². The van der Waals surface area contributed by atoms with Gasteiger partial charge in [-0.15, -0.1) is 12.4 Å². The molecule has 1 aromatic carbocycles. The number of anilines is 1. The number of imidazole rings is 1. The number of nitrogens with two attached hydrogens (primary N) is 1. The van der Waals surface area contributed by atoms with Crippen LogP contribution in [-0.2, 0) is 19.8 Å². The van der Waals surface area contributed by atoms with Crippen molar-refractivity contribution >= 4 is 47.5 Å². The van der Waals surface area contributed by atoms with E-state index in [2.05, 4.69) is 20.7 Å². The normalized spacial score (nSPS) is 20.6. The SMILES string of the molecule is Cl.Cn1c(-c2cn(CC3CC(F)(F)C3)nc2C(F)(F)F)cnc1C(=O)Nc1ccc(C(=O)N2CCN(C(=O)NC3CC(N)C3)CC2)c(Cl)c1. The molecule has 3 fully saturated rings. The van der Waals surface area contributed by atoms with Crippen LogP contribution < -0.4 is 16.4 Å². The van der Waals surface area contributed by atoms with Crippen molar-refractivity contribution < 1.29 is 36.3 Å². The summed E-state index contributed by atoms with van der Waals surface area (Å²) in [4.78, 5) is 46.1. The number of rotatable bonds is 7. The first kappa shape index (κ1) is 36.3. The molecule has 3 aliphatic rings. The minimum atomic E-state index is -4.85. The average Bonchev–Trinajstić information content (AvgIpc) is 3.58. The summed E-state index contributed by atoms with van der Waals surface area (Å²) in [6, 6.07) is 4.28. The minimum Gasteiger partial charge on any atom is -0.335 e. The standard InChI is InChI=1S/C30H33ClF5N9O3.ClH/c1-42-23(21-15-45(41-24(21)30(34,35)36)14-16-11-29(32,33)12-16)13-38-25(42)26(46)39-18-2-3-20(22(31)10-18)27(47)43-4-6-44(7-5-43)28(48)40-19-8-17(37)9-19;/h2-3,10,13,15-17,19H,4-9,11-12,14,37H2,1H3,(H,39,46)(H,40,48);1H. The number of nitrogens with one attached hydrogen (secondary N) is 2. The number of urea groups is 1. The van der Waals surface area contributed by atoms with Crippen molar-refractivity contribution in [3.8, 4) is 11.3 Å². The Balaban J connectivity index is 0.00000468. The molecule has 49 heavy (non-hydrogen) atoms. The summed E-state index contributed by atoms with van der Waals surface area (Å²) in [7, 11) is 1.36. The van der Waals surface area contributed by atoms with E-state index in [0.29, 0.717) is 26.2 Å². The van der Waals surface area contributed by atoms with E-state index in [-0.39, 0.29) is 76.3 Å². The number of alkyl halides is 5. The monoisotopic (exact) mass is 733 g/mol. The molecule has 266 valence electrons. The number of halogens is 7. The maximum atomic E-state index is 13.9. The summed E-state index contributed by atoms with van der Waals surface area (Å²) >= 11 is 6.43. The molecule has 3 aromatic rings. The average molecular weight is 735 g/mol. The van der Waals surface area contributed by atoms with Crippen LogP contribution in [0.25, 0.3) is 11.3 Å². The Morgan fingerprint density at radius 2 is 1.73 bits per heavy atom. The molecule has 0 atom stereocenters. The molecule has 2 aromatic heterocycles. The van der Waals surface area contributed by atoms with Gasteiger partial charge in [-0.3, -0.25) is 14.3 Å². The molecule has 0 bridgehead atoms. The summed E-state index contributed by atoms with van der Waals surface area (Å²) < 4.78 is 70.3. The molecule has 0 unspecified atom stereocenters. The van der Waals surface area contributed by atoms with Gasteiger partial charge in [-0.05, 0) is 37.0 Å². The second-order valence-corrected chi connectivity index (χ2v) is 13.0. The number of piperazine rings is 1. The summed E-state index contributed by atoms with van der Waals surface area (Å²) in [5.41, 5.74) is 4.55. The highest BCUT2D eigenvalue weighted by molar-refractivity contribution is 6.34. The molecule has 0 spiro atoms. The number of benzene rings is 1. The minimum absolute atomic E-state index is 0. The van der Waals surface area contributed by atoms with E-state index >= 15 is 0 Å². The van der Waals surface area contributed by atoms with Gasteiger partial charge in [0.1, 0.15) is 0 Å². The third-order valence-electron chi connectivity index (χ3n) is 8.93. The van der Waals surface area contributed by atoms with Crippen molar-refractivity contribution in [1.82, 2.24) is 34.4 Å². The Bertz CT molecular complexity index is 1730. The zero-order valence-corrected chi connectivity index (χ0v) is 27.7. The molecule has 2 saturated carbocycles. The molecule has 6 rings (SSSR count). The van der Waals surface area contributed by atoms with Gasteiger partial charge in [0.05, 0.1) is 28.0 Å². The lowest BCUT2D eigenvalue weighted by molar-refractivity contribution is -0.141. The number of carbonyl (C=O) groups excluding carboxylic acids is 3. The van der Waals surface area contributed by atoms with Crippen LogP contribution in [0.3, 0.4) is 0 Å². The maximum Gasteiger partial charge on any atom is 0.435 e. The highest BCUT2D eigenvalue weighted by atomic mass is 35.5. The molecule has 2 aliphatic carbocycles. The summed E-state index contributed by atoms with van der Waals surface area (Å²) in [5.74, 6) is -4.64. The first-order valence-electron chi connectivity index (χ1n) is 15.3. The Kier molecular flexibility index (Phi) is 10.2. The number of carbonyl (C=O) groups is 3. The van der Waals surface area contributed by atoms with Crippen LogP contribution in [0.4, 0.5) is 32.4 Å². The van der Waals surface area contributed by atoms with Crippen molar-refractivity contribution in [1.29, 1.82) is 0 Å². The largest absolute Gasteiger partial charge is 0.435 e. The molecular formula is C30H34Cl2F5N9O3. The van der Waals surface area contributed by atoms with Crippen molar-refractivity contribution in [3.05, 3.63) is 52.7 Å². The van der Waals surface area contributed by atoms with E-state index in [1.54, 1.807) is 9.80 Å². The lowest BCUT2D eigenvalue weighted by Crippen LogP contribution is -2.57.